The van der Waals surface area contributed by atoms with E-state index in [2.05, 4.69) is 9.55 Å². The number of amides is 1. The quantitative estimate of drug-likeness (QED) is 0.870. The van der Waals surface area contributed by atoms with Gasteiger partial charge in [0.05, 0.1) is 16.9 Å². The molecule has 0 N–H and O–H groups in total. The smallest absolute Gasteiger partial charge is 0.258 e. The van der Waals surface area contributed by atoms with Gasteiger partial charge in [0.2, 0.25) is 0 Å². The van der Waals surface area contributed by atoms with Crippen LogP contribution in [-0.2, 0) is 6.54 Å². The molecule has 1 amide bonds. The van der Waals surface area contributed by atoms with E-state index in [9.17, 15) is 9.18 Å². The Labute approximate surface area is 133 Å². The molecule has 4 nitrogen and oxygen atoms in total. The molecular formula is C16H17ClFN3O. The van der Waals surface area contributed by atoms with E-state index in [1.165, 1.54) is 12.1 Å². The van der Waals surface area contributed by atoms with Crippen molar-refractivity contribution in [1.29, 1.82) is 0 Å². The van der Waals surface area contributed by atoms with Gasteiger partial charge in [-0.2, -0.15) is 0 Å². The fourth-order valence-electron chi connectivity index (χ4n) is 2.87. The molecule has 0 saturated carbocycles. The van der Waals surface area contributed by atoms with Crippen molar-refractivity contribution >= 4 is 17.5 Å². The lowest BCUT2D eigenvalue weighted by atomic mass is 9.96. The highest BCUT2D eigenvalue weighted by Gasteiger charge is 2.26. The van der Waals surface area contributed by atoms with Gasteiger partial charge in [0, 0.05) is 32.0 Å². The number of imidazole rings is 1. The summed E-state index contributed by atoms with van der Waals surface area (Å²) in [7, 11) is 0. The molecule has 116 valence electrons. The lowest BCUT2D eigenvalue weighted by Crippen LogP contribution is -2.39. The summed E-state index contributed by atoms with van der Waals surface area (Å²) in [5, 5.41) is 0.172. The zero-order chi connectivity index (χ0) is 15.5. The predicted octanol–water partition coefficient (Wildman–Crippen LogP) is 3.23. The van der Waals surface area contributed by atoms with Gasteiger partial charge in [-0.3, -0.25) is 4.79 Å². The van der Waals surface area contributed by atoms with Crippen molar-refractivity contribution < 1.29 is 9.18 Å². The molecule has 0 atom stereocenters. The monoisotopic (exact) mass is 321 g/mol. The fourth-order valence-corrected chi connectivity index (χ4v) is 3.12. The molecular weight excluding hydrogens is 305 g/mol. The normalized spacial score (nSPS) is 16.0. The Hall–Kier alpha value is -1.88. The molecule has 2 heterocycles. The molecule has 1 aliphatic heterocycles. The standard InChI is InChI=1S/C16H17ClFN3O/c17-13-2-1-3-14(18)15(13)16(22)21-7-4-12(5-8-21)10-20-9-6-19-11-20/h1-3,6,9,11-12H,4-5,7-8,10H2. The summed E-state index contributed by atoms with van der Waals surface area (Å²) in [6.45, 7) is 2.16. The molecule has 6 heteroatoms. The van der Waals surface area contributed by atoms with Crippen molar-refractivity contribution in [3.8, 4) is 0 Å². The van der Waals surface area contributed by atoms with E-state index in [1.54, 1.807) is 23.5 Å². The second-order valence-electron chi connectivity index (χ2n) is 5.59. The van der Waals surface area contributed by atoms with Crippen LogP contribution in [0.3, 0.4) is 0 Å². The van der Waals surface area contributed by atoms with Crippen molar-refractivity contribution in [3.05, 3.63) is 53.3 Å². The van der Waals surface area contributed by atoms with Gasteiger partial charge in [-0.1, -0.05) is 17.7 Å². The maximum absolute atomic E-state index is 13.8. The van der Waals surface area contributed by atoms with Gasteiger partial charge < -0.3 is 9.47 Å². The van der Waals surface area contributed by atoms with E-state index in [0.29, 0.717) is 19.0 Å². The van der Waals surface area contributed by atoms with Crippen LogP contribution in [0.1, 0.15) is 23.2 Å². The first kappa shape index (κ1) is 15.0. The van der Waals surface area contributed by atoms with Gasteiger partial charge in [-0.15, -0.1) is 0 Å². The molecule has 1 aromatic heterocycles. The van der Waals surface area contributed by atoms with Crippen LogP contribution in [0.2, 0.25) is 5.02 Å². The summed E-state index contributed by atoms with van der Waals surface area (Å²) in [5.74, 6) is -0.364. The molecule has 0 radical (unpaired) electrons. The highest BCUT2D eigenvalue weighted by atomic mass is 35.5. The maximum atomic E-state index is 13.8. The number of piperidine rings is 1. The number of aromatic nitrogens is 2. The number of hydrogen-bond acceptors (Lipinski definition) is 2. The Kier molecular flexibility index (Phi) is 4.43. The SMILES string of the molecule is O=C(c1c(F)cccc1Cl)N1CCC(Cn2ccnc2)CC1. The number of benzene rings is 1. The topological polar surface area (TPSA) is 38.1 Å². The third kappa shape index (κ3) is 3.14. The number of hydrogen-bond donors (Lipinski definition) is 0. The van der Waals surface area contributed by atoms with Crippen LogP contribution in [-0.4, -0.2) is 33.4 Å². The first-order chi connectivity index (χ1) is 10.6. The summed E-state index contributed by atoms with van der Waals surface area (Å²) in [6.07, 6.45) is 7.30. The van der Waals surface area contributed by atoms with E-state index < -0.39 is 5.82 Å². The first-order valence-electron chi connectivity index (χ1n) is 7.34. The second kappa shape index (κ2) is 6.48. The summed E-state index contributed by atoms with van der Waals surface area (Å²) >= 11 is 5.97. The van der Waals surface area contributed by atoms with Crippen LogP contribution in [0.15, 0.2) is 36.9 Å². The van der Waals surface area contributed by atoms with Crippen molar-refractivity contribution in [3.63, 3.8) is 0 Å². The zero-order valence-corrected chi connectivity index (χ0v) is 12.8. The average Bonchev–Trinajstić information content (AvgIpc) is 3.00. The molecule has 0 aliphatic carbocycles. The van der Waals surface area contributed by atoms with Crippen LogP contribution >= 0.6 is 11.6 Å². The summed E-state index contributed by atoms with van der Waals surface area (Å²) in [6, 6.07) is 4.32. The highest BCUT2D eigenvalue weighted by Crippen LogP contribution is 2.25. The largest absolute Gasteiger partial charge is 0.338 e. The number of carbonyl (C=O) groups is 1. The maximum Gasteiger partial charge on any atom is 0.258 e. The van der Waals surface area contributed by atoms with Crippen molar-refractivity contribution in [2.75, 3.05) is 13.1 Å². The number of halogens is 2. The summed E-state index contributed by atoms with van der Waals surface area (Å²) in [4.78, 5) is 18.2. The van der Waals surface area contributed by atoms with Gasteiger partial charge in [0.15, 0.2) is 0 Å². The number of carbonyl (C=O) groups excluding carboxylic acids is 1. The molecule has 1 fully saturated rings. The molecule has 1 saturated heterocycles. The third-order valence-electron chi connectivity index (χ3n) is 4.11. The van der Waals surface area contributed by atoms with Crippen LogP contribution in [0.25, 0.3) is 0 Å². The summed E-state index contributed by atoms with van der Waals surface area (Å²) in [5.41, 5.74) is -0.0165. The molecule has 1 aromatic carbocycles. The van der Waals surface area contributed by atoms with Gasteiger partial charge in [0.1, 0.15) is 5.82 Å². The molecule has 1 aliphatic rings. The van der Waals surface area contributed by atoms with E-state index in [-0.39, 0.29) is 16.5 Å². The highest BCUT2D eigenvalue weighted by molar-refractivity contribution is 6.33. The fraction of sp³-hybridized carbons (Fsp3) is 0.375. The molecule has 0 spiro atoms. The van der Waals surface area contributed by atoms with Gasteiger partial charge >= 0.3 is 0 Å². The van der Waals surface area contributed by atoms with Crippen molar-refractivity contribution in [1.82, 2.24) is 14.5 Å². The second-order valence-corrected chi connectivity index (χ2v) is 6.00. The van der Waals surface area contributed by atoms with Crippen molar-refractivity contribution in [2.45, 2.75) is 19.4 Å². The molecule has 0 unspecified atom stereocenters. The van der Waals surface area contributed by atoms with Crippen LogP contribution in [0, 0.1) is 11.7 Å². The first-order valence-corrected chi connectivity index (χ1v) is 7.72. The van der Waals surface area contributed by atoms with Crippen LogP contribution in [0.5, 0.6) is 0 Å². The minimum Gasteiger partial charge on any atom is -0.338 e. The average molecular weight is 322 g/mol. The molecule has 22 heavy (non-hydrogen) atoms. The molecule has 0 bridgehead atoms. The Bertz CT molecular complexity index is 631. The van der Waals surface area contributed by atoms with E-state index >= 15 is 0 Å². The third-order valence-corrected chi connectivity index (χ3v) is 4.42. The Balaban J connectivity index is 1.62. The Morgan fingerprint density at radius 2 is 2.14 bits per heavy atom. The lowest BCUT2D eigenvalue weighted by Gasteiger charge is -2.32. The zero-order valence-electron chi connectivity index (χ0n) is 12.1. The Morgan fingerprint density at radius 1 is 1.36 bits per heavy atom. The Morgan fingerprint density at radius 3 is 2.77 bits per heavy atom. The number of rotatable bonds is 3. The number of nitrogens with zero attached hydrogens (tertiary/aromatic N) is 3. The summed E-state index contributed by atoms with van der Waals surface area (Å²) < 4.78 is 15.9. The van der Waals surface area contributed by atoms with Gasteiger partial charge in [0.25, 0.3) is 5.91 Å². The van der Waals surface area contributed by atoms with E-state index in [1.807, 2.05) is 6.20 Å². The lowest BCUT2D eigenvalue weighted by molar-refractivity contribution is 0.0678. The predicted molar refractivity (Wildman–Crippen MR) is 82.3 cm³/mol. The molecule has 3 rings (SSSR count). The minimum atomic E-state index is -0.557. The van der Waals surface area contributed by atoms with Crippen LogP contribution in [0.4, 0.5) is 4.39 Å². The van der Waals surface area contributed by atoms with E-state index in [4.69, 9.17) is 11.6 Å². The molecule has 2 aromatic rings. The number of likely N-dealkylation sites (tertiary alicyclic amines) is 1. The van der Waals surface area contributed by atoms with Gasteiger partial charge in [-0.05, 0) is 30.9 Å². The minimum absolute atomic E-state index is 0.0165. The van der Waals surface area contributed by atoms with Crippen molar-refractivity contribution in [2.24, 2.45) is 5.92 Å². The van der Waals surface area contributed by atoms with E-state index in [0.717, 1.165) is 19.4 Å². The van der Waals surface area contributed by atoms with Crippen LogP contribution < -0.4 is 0 Å². The van der Waals surface area contributed by atoms with Gasteiger partial charge in [-0.25, -0.2) is 9.37 Å².